The van der Waals surface area contributed by atoms with Crippen LogP contribution in [0.4, 0.5) is 0 Å². The Morgan fingerprint density at radius 2 is 1.37 bits per heavy atom. The molecule has 2 atom stereocenters. The molecule has 0 radical (unpaired) electrons. The van der Waals surface area contributed by atoms with E-state index in [1.165, 1.54) is 0 Å². The van der Waals surface area contributed by atoms with Crippen molar-refractivity contribution in [2.45, 2.75) is 59.9 Å². The molecule has 0 saturated heterocycles. The van der Waals surface area contributed by atoms with Crippen molar-refractivity contribution >= 4 is 8.80 Å². The van der Waals surface area contributed by atoms with Gasteiger partial charge in [0.1, 0.15) is 0 Å². The quantitative estimate of drug-likeness (QED) is 0.416. The molecule has 114 valence electrons. The van der Waals surface area contributed by atoms with Gasteiger partial charge in [0.2, 0.25) is 0 Å². The molecule has 0 aromatic rings. The molecule has 0 fully saturated rings. The SMILES string of the molecule is CC=CC(C)CCC(C)[Si](OCC)(OCC)OCC. The fraction of sp³-hybridized carbons (Fsp3) is 0.867. The van der Waals surface area contributed by atoms with Gasteiger partial charge in [-0.3, -0.25) is 0 Å². The zero-order valence-electron chi connectivity index (χ0n) is 13.6. The summed E-state index contributed by atoms with van der Waals surface area (Å²) in [4.78, 5) is 0. The zero-order valence-corrected chi connectivity index (χ0v) is 14.6. The predicted molar refractivity (Wildman–Crippen MR) is 83.3 cm³/mol. The zero-order chi connectivity index (χ0) is 14.7. The Hall–Kier alpha value is -0.163. The molecule has 4 heteroatoms. The highest BCUT2D eigenvalue weighted by Gasteiger charge is 2.46. The van der Waals surface area contributed by atoms with Crippen molar-refractivity contribution in [1.82, 2.24) is 0 Å². The molecule has 0 aromatic heterocycles. The van der Waals surface area contributed by atoms with Crippen molar-refractivity contribution in [2.24, 2.45) is 5.92 Å². The van der Waals surface area contributed by atoms with Crippen LogP contribution in [0.25, 0.3) is 0 Å². The van der Waals surface area contributed by atoms with Gasteiger partial charge < -0.3 is 13.3 Å². The maximum Gasteiger partial charge on any atom is 0.503 e. The van der Waals surface area contributed by atoms with Gasteiger partial charge in [-0.15, -0.1) is 0 Å². The summed E-state index contributed by atoms with van der Waals surface area (Å²) >= 11 is 0. The van der Waals surface area contributed by atoms with Gasteiger partial charge in [-0.2, -0.15) is 0 Å². The van der Waals surface area contributed by atoms with Crippen LogP contribution in [-0.2, 0) is 13.3 Å². The second-order valence-corrected chi connectivity index (χ2v) is 7.94. The maximum absolute atomic E-state index is 5.94. The van der Waals surface area contributed by atoms with Crippen LogP contribution in [0, 0.1) is 5.92 Å². The minimum atomic E-state index is -2.51. The highest BCUT2D eigenvalue weighted by Crippen LogP contribution is 2.31. The number of hydrogen-bond acceptors (Lipinski definition) is 3. The van der Waals surface area contributed by atoms with E-state index in [1.54, 1.807) is 0 Å². The van der Waals surface area contributed by atoms with E-state index in [1.807, 2.05) is 20.8 Å². The van der Waals surface area contributed by atoms with E-state index in [0.717, 1.165) is 12.8 Å². The normalized spacial score (nSPS) is 15.9. The Morgan fingerprint density at radius 3 is 1.74 bits per heavy atom. The standard InChI is InChI=1S/C15H32O3Si/c1-7-11-14(5)12-13-15(6)19(16-8-2,17-9-3)18-10-4/h7,11,14-15H,8-10,12-13H2,1-6H3. The van der Waals surface area contributed by atoms with Gasteiger partial charge >= 0.3 is 8.80 Å². The molecule has 0 saturated carbocycles. The highest BCUT2D eigenvalue weighted by atomic mass is 28.4. The Bertz CT molecular complexity index is 227. The van der Waals surface area contributed by atoms with Gasteiger partial charge in [0.15, 0.2) is 0 Å². The van der Waals surface area contributed by atoms with Crippen molar-refractivity contribution < 1.29 is 13.3 Å². The van der Waals surface area contributed by atoms with Crippen LogP contribution < -0.4 is 0 Å². The van der Waals surface area contributed by atoms with Crippen LogP contribution in [0.2, 0.25) is 5.54 Å². The maximum atomic E-state index is 5.94. The summed E-state index contributed by atoms with van der Waals surface area (Å²) in [5.74, 6) is 0.601. The van der Waals surface area contributed by atoms with Gasteiger partial charge in [-0.05, 0) is 46.5 Å². The van der Waals surface area contributed by atoms with Crippen molar-refractivity contribution in [3.8, 4) is 0 Å². The minimum Gasteiger partial charge on any atom is -0.374 e. The molecule has 2 unspecified atom stereocenters. The molecule has 0 aliphatic heterocycles. The summed E-state index contributed by atoms with van der Waals surface area (Å²) in [5.41, 5.74) is 0.347. The van der Waals surface area contributed by atoms with Crippen molar-refractivity contribution in [3.63, 3.8) is 0 Å². The van der Waals surface area contributed by atoms with Gasteiger partial charge in [-0.25, -0.2) is 0 Å². The molecule has 0 aliphatic carbocycles. The number of allylic oxidation sites excluding steroid dienone is 2. The summed E-state index contributed by atoms with van der Waals surface area (Å²) in [6.45, 7) is 14.5. The summed E-state index contributed by atoms with van der Waals surface area (Å²) in [6.07, 6.45) is 6.59. The van der Waals surface area contributed by atoms with Crippen molar-refractivity contribution in [2.75, 3.05) is 19.8 Å². The Balaban J connectivity index is 4.62. The van der Waals surface area contributed by atoms with Gasteiger partial charge in [-0.1, -0.05) is 26.0 Å². The Kier molecular flexibility index (Phi) is 10.5. The first-order valence-corrected chi connectivity index (χ1v) is 9.41. The fourth-order valence-corrected chi connectivity index (χ4v) is 5.10. The molecule has 0 spiro atoms. The van der Waals surface area contributed by atoms with Crippen LogP contribution in [0.5, 0.6) is 0 Å². The topological polar surface area (TPSA) is 27.7 Å². The molecule has 0 rings (SSSR count). The van der Waals surface area contributed by atoms with E-state index < -0.39 is 8.80 Å². The molecule has 19 heavy (non-hydrogen) atoms. The van der Waals surface area contributed by atoms with E-state index >= 15 is 0 Å². The minimum absolute atomic E-state index is 0.347. The predicted octanol–water partition coefficient (Wildman–Crippen LogP) is 4.42. The third kappa shape index (κ3) is 6.70. The molecular formula is C15H32O3Si. The van der Waals surface area contributed by atoms with Gasteiger partial charge in [0.25, 0.3) is 0 Å². The van der Waals surface area contributed by atoms with Crippen LogP contribution in [0.15, 0.2) is 12.2 Å². The first kappa shape index (κ1) is 18.8. The van der Waals surface area contributed by atoms with E-state index in [9.17, 15) is 0 Å². The largest absolute Gasteiger partial charge is 0.503 e. The van der Waals surface area contributed by atoms with Crippen LogP contribution >= 0.6 is 0 Å². The summed E-state index contributed by atoms with van der Waals surface area (Å²) in [6, 6.07) is 0. The average Bonchev–Trinajstić information content (AvgIpc) is 2.37. The van der Waals surface area contributed by atoms with Crippen molar-refractivity contribution in [1.29, 1.82) is 0 Å². The second kappa shape index (κ2) is 10.6. The molecule has 3 nitrogen and oxygen atoms in total. The highest BCUT2D eigenvalue weighted by molar-refractivity contribution is 6.62. The van der Waals surface area contributed by atoms with E-state index in [2.05, 4.69) is 32.9 Å². The first-order chi connectivity index (χ1) is 9.06. The summed E-state index contributed by atoms with van der Waals surface area (Å²) in [5, 5.41) is 0. The van der Waals surface area contributed by atoms with Gasteiger partial charge in [0.05, 0.1) is 0 Å². The first-order valence-electron chi connectivity index (χ1n) is 7.60. The van der Waals surface area contributed by atoms with E-state index in [0.29, 0.717) is 31.3 Å². The third-order valence-corrected chi connectivity index (χ3v) is 6.79. The molecule has 0 bridgehead atoms. The molecule has 0 N–H and O–H groups in total. The summed E-state index contributed by atoms with van der Waals surface area (Å²) in [7, 11) is -2.51. The number of rotatable bonds is 11. The number of hydrogen-bond donors (Lipinski definition) is 0. The lowest BCUT2D eigenvalue weighted by molar-refractivity contribution is 0.0610. The second-order valence-electron chi connectivity index (χ2n) is 4.88. The molecular weight excluding hydrogens is 256 g/mol. The van der Waals surface area contributed by atoms with E-state index in [4.69, 9.17) is 13.3 Å². The molecule has 0 aliphatic rings. The molecule has 0 aromatic carbocycles. The van der Waals surface area contributed by atoms with Crippen LogP contribution in [-0.4, -0.2) is 28.6 Å². The van der Waals surface area contributed by atoms with Gasteiger partial charge in [0, 0.05) is 25.4 Å². The lowest BCUT2D eigenvalue weighted by Crippen LogP contribution is -2.49. The molecule has 0 heterocycles. The fourth-order valence-electron chi connectivity index (χ4n) is 2.27. The monoisotopic (exact) mass is 288 g/mol. The summed E-state index contributed by atoms with van der Waals surface area (Å²) < 4.78 is 17.8. The van der Waals surface area contributed by atoms with Crippen LogP contribution in [0.3, 0.4) is 0 Å². The van der Waals surface area contributed by atoms with Crippen LogP contribution in [0.1, 0.15) is 54.4 Å². The Labute approximate surface area is 120 Å². The smallest absolute Gasteiger partial charge is 0.374 e. The average molecular weight is 289 g/mol. The van der Waals surface area contributed by atoms with Crippen molar-refractivity contribution in [3.05, 3.63) is 12.2 Å². The third-order valence-electron chi connectivity index (χ3n) is 3.22. The molecule has 0 amide bonds. The lowest BCUT2D eigenvalue weighted by Gasteiger charge is -2.33. The lowest BCUT2D eigenvalue weighted by atomic mass is 10.0. The van der Waals surface area contributed by atoms with E-state index in [-0.39, 0.29) is 0 Å². The Morgan fingerprint density at radius 1 is 0.895 bits per heavy atom.